The fourth-order valence-corrected chi connectivity index (χ4v) is 5.65. The minimum atomic E-state index is -3.53. The number of benzene rings is 2. The van der Waals surface area contributed by atoms with Crippen LogP contribution in [0.4, 0.5) is 5.13 Å². The number of sulfone groups is 1. The molecule has 0 bridgehead atoms. The van der Waals surface area contributed by atoms with Crippen molar-refractivity contribution in [3.8, 4) is 22.7 Å². The molecule has 0 radical (unpaired) electrons. The van der Waals surface area contributed by atoms with E-state index in [0.29, 0.717) is 5.13 Å². The number of anilines is 1. The number of hydrogen-bond acceptors (Lipinski definition) is 6. The molecule has 34 heavy (non-hydrogen) atoms. The molecule has 0 spiro atoms. The van der Waals surface area contributed by atoms with Crippen molar-refractivity contribution in [3.63, 3.8) is 0 Å². The van der Waals surface area contributed by atoms with E-state index < -0.39 is 15.7 Å². The number of nitrogens with one attached hydrogen (secondary N) is 1. The van der Waals surface area contributed by atoms with Crippen LogP contribution in [0, 0.1) is 13.8 Å². The maximum atomic E-state index is 12.9. The number of thiazole rings is 1. The molecule has 0 unspecified atom stereocenters. The number of nitrogens with zero attached hydrogens (tertiary/aromatic N) is 2. The Morgan fingerprint density at radius 2 is 1.82 bits per heavy atom. The maximum Gasteiger partial charge on any atom is 0.258 e. The topological polar surface area (TPSA) is 90.3 Å². The molecule has 2 aromatic carbocycles. The van der Waals surface area contributed by atoms with E-state index in [9.17, 15) is 13.2 Å². The van der Waals surface area contributed by atoms with Gasteiger partial charge in [-0.25, -0.2) is 13.4 Å². The van der Waals surface area contributed by atoms with Crippen LogP contribution in [-0.4, -0.2) is 36.7 Å². The van der Waals surface area contributed by atoms with Crippen LogP contribution in [0.1, 0.15) is 28.7 Å². The van der Waals surface area contributed by atoms with E-state index in [-0.39, 0.29) is 16.2 Å². The number of amides is 1. The van der Waals surface area contributed by atoms with Crippen molar-refractivity contribution in [1.29, 1.82) is 0 Å². The standard InChI is InChI=1S/C25H25N3O4S2/c1-5-34(30,31)23-9-7-6-8-20(23)24(29)27-25-26-22(15-33-25)21-14-16(2)28(17(21)3)18-10-12-19(32-4)13-11-18/h6-15H,5H2,1-4H3,(H,26,27,29). The lowest BCUT2D eigenvalue weighted by Crippen LogP contribution is -2.17. The van der Waals surface area contributed by atoms with Crippen molar-refractivity contribution >= 4 is 32.2 Å². The van der Waals surface area contributed by atoms with Gasteiger partial charge in [0.05, 0.1) is 29.0 Å². The quantitative estimate of drug-likeness (QED) is 0.377. The Bertz CT molecular complexity index is 1450. The summed E-state index contributed by atoms with van der Waals surface area (Å²) in [6.45, 7) is 5.61. The summed E-state index contributed by atoms with van der Waals surface area (Å²) in [4.78, 5) is 17.5. The number of carbonyl (C=O) groups is 1. The van der Waals surface area contributed by atoms with Crippen molar-refractivity contribution in [1.82, 2.24) is 9.55 Å². The van der Waals surface area contributed by atoms with Crippen LogP contribution < -0.4 is 10.1 Å². The monoisotopic (exact) mass is 495 g/mol. The van der Waals surface area contributed by atoms with Crippen LogP contribution in [0.5, 0.6) is 5.75 Å². The molecular weight excluding hydrogens is 470 g/mol. The Hall–Kier alpha value is -3.43. The zero-order chi connectivity index (χ0) is 24.5. The molecule has 0 saturated heterocycles. The van der Waals surface area contributed by atoms with Crippen molar-refractivity contribution in [2.45, 2.75) is 25.7 Å². The Labute approximate surface area is 203 Å². The molecular formula is C25H25N3O4S2. The molecule has 0 aliphatic heterocycles. The fraction of sp³-hybridized carbons (Fsp3) is 0.200. The van der Waals surface area contributed by atoms with Gasteiger partial charge >= 0.3 is 0 Å². The molecule has 1 amide bonds. The summed E-state index contributed by atoms with van der Waals surface area (Å²) >= 11 is 1.29. The smallest absolute Gasteiger partial charge is 0.258 e. The number of ether oxygens (including phenoxy) is 1. The van der Waals surface area contributed by atoms with Crippen LogP contribution in [0.3, 0.4) is 0 Å². The van der Waals surface area contributed by atoms with Crippen LogP contribution in [0.25, 0.3) is 16.9 Å². The zero-order valence-electron chi connectivity index (χ0n) is 19.3. The Morgan fingerprint density at radius 1 is 1.12 bits per heavy atom. The van der Waals surface area contributed by atoms with Crippen LogP contribution >= 0.6 is 11.3 Å². The third kappa shape index (κ3) is 4.49. The molecule has 7 nitrogen and oxygen atoms in total. The normalized spacial score (nSPS) is 11.4. The molecule has 4 rings (SSSR count). The predicted octanol–water partition coefficient (Wildman–Crippen LogP) is 5.27. The van der Waals surface area contributed by atoms with E-state index in [1.165, 1.54) is 23.5 Å². The van der Waals surface area contributed by atoms with Gasteiger partial charge in [0.25, 0.3) is 5.91 Å². The van der Waals surface area contributed by atoms with Gasteiger partial charge in [0, 0.05) is 28.0 Å². The highest BCUT2D eigenvalue weighted by Crippen LogP contribution is 2.32. The molecule has 1 N–H and O–H groups in total. The second-order valence-corrected chi connectivity index (χ2v) is 10.8. The number of methoxy groups -OCH3 is 1. The van der Waals surface area contributed by atoms with Crippen molar-refractivity contribution < 1.29 is 17.9 Å². The lowest BCUT2D eigenvalue weighted by Gasteiger charge is -2.10. The SMILES string of the molecule is CCS(=O)(=O)c1ccccc1C(=O)Nc1nc(-c2cc(C)n(-c3ccc(OC)cc3)c2C)cs1. The molecule has 2 heterocycles. The number of carbonyl (C=O) groups excluding carboxylic acids is 1. The second-order valence-electron chi connectivity index (χ2n) is 7.71. The second kappa shape index (κ2) is 9.44. The summed E-state index contributed by atoms with van der Waals surface area (Å²) in [5.74, 6) is 0.208. The average Bonchev–Trinajstić information content (AvgIpc) is 3.42. The molecule has 2 aromatic heterocycles. The number of hydrogen-bond donors (Lipinski definition) is 1. The van der Waals surface area contributed by atoms with E-state index in [2.05, 4.69) is 20.9 Å². The van der Waals surface area contributed by atoms with E-state index in [0.717, 1.165) is 34.1 Å². The molecule has 9 heteroatoms. The lowest BCUT2D eigenvalue weighted by molar-refractivity contribution is 0.102. The Morgan fingerprint density at radius 3 is 2.50 bits per heavy atom. The summed E-state index contributed by atoms with van der Waals surface area (Å²) in [6, 6.07) is 16.1. The van der Waals surface area contributed by atoms with Crippen LogP contribution in [0.2, 0.25) is 0 Å². The first-order chi connectivity index (χ1) is 16.2. The van der Waals surface area contributed by atoms with Gasteiger partial charge in [0.2, 0.25) is 0 Å². The van der Waals surface area contributed by atoms with Gasteiger partial charge in [-0.1, -0.05) is 19.1 Å². The maximum absolute atomic E-state index is 12.9. The van der Waals surface area contributed by atoms with Gasteiger partial charge in [0.1, 0.15) is 5.75 Å². The minimum Gasteiger partial charge on any atom is -0.497 e. The summed E-state index contributed by atoms with van der Waals surface area (Å²) in [5.41, 5.74) is 4.89. The fourth-order valence-electron chi connectivity index (χ4n) is 3.85. The predicted molar refractivity (Wildman–Crippen MR) is 135 cm³/mol. The molecule has 0 aliphatic rings. The molecule has 0 saturated carbocycles. The lowest BCUT2D eigenvalue weighted by atomic mass is 10.2. The summed E-state index contributed by atoms with van der Waals surface area (Å²) in [5, 5.41) is 5.03. The molecule has 0 atom stereocenters. The van der Waals surface area contributed by atoms with E-state index in [1.54, 1.807) is 26.2 Å². The van der Waals surface area contributed by atoms with Gasteiger partial charge in [-0.05, 0) is 56.3 Å². The highest BCUT2D eigenvalue weighted by molar-refractivity contribution is 7.91. The van der Waals surface area contributed by atoms with Gasteiger partial charge in [-0.2, -0.15) is 0 Å². The first-order valence-corrected chi connectivity index (χ1v) is 13.2. The van der Waals surface area contributed by atoms with Crippen molar-refractivity contribution in [2.24, 2.45) is 0 Å². The third-order valence-corrected chi connectivity index (χ3v) is 8.15. The highest BCUT2D eigenvalue weighted by Gasteiger charge is 2.22. The number of aromatic nitrogens is 2. The Balaban J connectivity index is 1.61. The molecule has 4 aromatic rings. The zero-order valence-corrected chi connectivity index (χ0v) is 21.0. The van der Waals surface area contributed by atoms with Crippen molar-refractivity contribution in [3.05, 3.63) is 76.9 Å². The van der Waals surface area contributed by atoms with Gasteiger partial charge in [0.15, 0.2) is 15.0 Å². The van der Waals surface area contributed by atoms with Crippen LogP contribution in [0.15, 0.2) is 64.9 Å². The number of aryl methyl sites for hydroxylation is 1. The van der Waals surface area contributed by atoms with E-state index in [1.807, 2.05) is 43.5 Å². The number of rotatable bonds is 7. The summed E-state index contributed by atoms with van der Waals surface area (Å²) < 4.78 is 32.2. The summed E-state index contributed by atoms with van der Waals surface area (Å²) in [6.07, 6.45) is 0. The van der Waals surface area contributed by atoms with Gasteiger partial charge < -0.3 is 9.30 Å². The summed E-state index contributed by atoms with van der Waals surface area (Å²) in [7, 11) is -1.89. The van der Waals surface area contributed by atoms with E-state index >= 15 is 0 Å². The highest BCUT2D eigenvalue weighted by atomic mass is 32.2. The first-order valence-electron chi connectivity index (χ1n) is 10.7. The van der Waals surface area contributed by atoms with Crippen LogP contribution in [-0.2, 0) is 9.84 Å². The average molecular weight is 496 g/mol. The third-order valence-electron chi connectivity index (χ3n) is 5.61. The molecule has 0 fully saturated rings. The van der Waals surface area contributed by atoms with Gasteiger partial charge in [-0.15, -0.1) is 11.3 Å². The molecule has 0 aliphatic carbocycles. The van der Waals surface area contributed by atoms with Crippen molar-refractivity contribution in [2.75, 3.05) is 18.2 Å². The Kier molecular flexibility index (Phi) is 6.58. The minimum absolute atomic E-state index is 0.0230. The van der Waals surface area contributed by atoms with E-state index in [4.69, 9.17) is 4.74 Å². The molecule has 176 valence electrons. The first kappa shape index (κ1) is 23.7. The van der Waals surface area contributed by atoms with Gasteiger partial charge in [-0.3, -0.25) is 10.1 Å². The largest absolute Gasteiger partial charge is 0.497 e.